The van der Waals surface area contributed by atoms with Gasteiger partial charge in [0, 0.05) is 27.2 Å². The van der Waals surface area contributed by atoms with Crippen LogP contribution in [-0.2, 0) is 21.4 Å². The first-order chi connectivity index (χ1) is 15.1. The molecule has 0 spiro atoms. The fourth-order valence-corrected chi connectivity index (χ4v) is 4.83. The smallest absolute Gasteiger partial charge is 0.243 e. The highest BCUT2D eigenvalue weighted by Crippen LogP contribution is 2.27. The van der Waals surface area contributed by atoms with Crippen molar-refractivity contribution in [3.05, 3.63) is 92.1 Å². The van der Waals surface area contributed by atoms with Crippen molar-refractivity contribution in [1.82, 2.24) is 4.31 Å². The van der Waals surface area contributed by atoms with Gasteiger partial charge < -0.3 is 5.32 Å². The molecule has 0 saturated heterocycles. The van der Waals surface area contributed by atoms with Crippen LogP contribution in [0.3, 0.4) is 0 Å². The summed E-state index contributed by atoms with van der Waals surface area (Å²) in [6.07, 6.45) is 0. The van der Waals surface area contributed by atoms with E-state index in [1.807, 2.05) is 0 Å². The molecule has 1 N–H and O–H groups in total. The lowest BCUT2D eigenvalue weighted by Gasteiger charge is -2.23. The van der Waals surface area contributed by atoms with Crippen LogP contribution in [0.2, 0.25) is 20.1 Å². The van der Waals surface area contributed by atoms with Crippen LogP contribution in [0.5, 0.6) is 0 Å². The number of rotatable bonds is 7. The fourth-order valence-electron chi connectivity index (χ4n) is 2.78. The third-order valence-corrected chi connectivity index (χ3v) is 7.35. The molecule has 0 unspecified atom stereocenters. The van der Waals surface area contributed by atoms with Gasteiger partial charge in [0.25, 0.3) is 0 Å². The summed E-state index contributed by atoms with van der Waals surface area (Å²) in [5.41, 5.74) is 0.136. The molecule has 0 aliphatic heterocycles. The van der Waals surface area contributed by atoms with Crippen molar-refractivity contribution in [2.75, 3.05) is 11.9 Å². The molecule has 168 valence electrons. The van der Waals surface area contributed by atoms with Crippen LogP contribution in [0.15, 0.2) is 65.6 Å². The molecule has 3 rings (SSSR count). The SMILES string of the molecule is O=C(CN(Cc1c(F)cccc1Cl)S(=O)(=O)c1ccc(Cl)cc1)Nc1cc(Cl)ccc1Cl. The standard InChI is InChI=1S/C21H15Cl4FN2O3S/c22-13-4-7-15(8-5-13)32(30,31)28(11-16-17(24)2-1-3-19(16)26)12-21(29)27-20-10-14(23)6-9-18(20)25/h1-10H,11-12H2,(H,27,29). The zero-order valence-corrected chi connectivity index (χ0v) is 20.0. The lowest BCUT2D eigenvalue weighted by Crippen LogP contribution is -2.38. The van der Waals surface area contributed by atoms with E-state index in [1.165, 1.54) is 54.6 Å². The topological polar surface area (TPSA) is 66.5 Å². The normalized spacial score (nSPS) is 11.6. The molecule has 0 aliphatic rings. The van der Waals surface area contributed by atoms with E-state index in [9.17, 15) is 17.6 Å². The van der Waals surface area contributed by atoms with E-state index in [1.54, 1.807) is 0 Å². The number of halogens is 5. The highest BCUT2D eigenvalue weighted by molar-refractivity contribution is 7.89. The Labute approximate surface area is 204 Å². The molecule has 11 heteroatoms. The van der Waals surface area contributed by atoms with Crippen molar-refractivity contribution in [2.24, 2.45) is 0 Å². The van der Waals surface area contributed by atoms with Crippen molar-refractivity contribution >= 4 is 68.0 Å². The number of nitrogens with one attached hydrogen (secondary N) is 1. The maximum absolute atomic E-state index is 14.4. The second kappa shape index (κ2) is 10.4. The zero-order chi connectivity index (χ0) is 23.5. The first-order valence-electron chi connectivity index (χ1n) is 9.01. The Morgan fingerprint density at radius 2 is 1.56 bits per heavy atom. The Morgan fingerprint density at radius 3 is 2.22 bits per heavy atom. The number of nitrogens with zero attached hydrogens (tertiary/aromatic N) is 1. The molecule has 1 amide bonds. The van der Waals surface area contributed by atoms with Gasteiger partial charge in [0.2, 0.25) is 15.9 Å². The molecule has 0 radical (unpaired) electrons. The lowest BCUT2D eigenvalue weighted by atomic mass is 10.2. The van der Waals surface area contributed by atoms with E-state index in [4.69, 9.17) is 46.4 Å². The average molecular weight is 536 g/mol. The average Bonchev–Trinajstić information content (AvgIpc) is 2.73. The van der Waals surface area contributed by atoms with Gasteiger partial charge in [-0.3, -0.25) is 4.79 Å². The number of sulfonamides is 1. The van der Waals surface area contributed by atoms with Gasteiger partial charge in [-0.1, -0.05) is 52.5 Å². The van der Waals surface area contributed by atoms with E-state index in [-0.39, 0.29) is 26.2 Å². The van der Waals surface area contributed by atoms with Gasteiger partial charge in [-0.2, -0.15) is 4.31 Å². The molecule has 0 heterocycles. The predicted molar refractivity (Wildman–Crippen MR) is 126 cm³/mol. The number of benzene rings is 3. The van der Waals surface area contributed by atoms with Crippen molar-refractivity contribution in [3.63, 3.8) is 0 Å². The Hall–Kier alpha value is -1.87. The molecule has 0 saturated carbocycles. The van der Waals surface area contributed by atoms with Crippen LogP contribution < -0.4 is 5.32 Å². The maximum Gasteiger partial charge on any atom is 0.243 e. The van der Waals surface area contributed by atoms with Crippen LogP contribution in [0.1, 0.15) is 5.56 Å². The number of anilines is 1. The molecular weight excluding hydrogens is 521 g/mol. The van der Waals surface area contributed by atoms with Gasteiger partial charge >= 0.3 is 0 Å². The number of hydrogen-bond donors (Lipinski definition) is 1. The van der Waals surface area contributed by atoms with E-state index < -0.39 is 34.8 Å². The van der Waals surface area contributed by atoms with E-state index in [0.29, 0.717) is 10.0 Å². The Morgan fingerprint density at radius 1 is 0.906 bits per heavy atom. The molecule has 0 aliphatic carbocycles. The first kappa shape index (κ1) is 24.8. The number of carbonyl (C=O) groups is 1. The number of carbonyl (C=O) groups excluding carboxylic acids is 1. The summed E-state index contributed by atoms with van der Waals surface area (Å²) < 4.78 is 41.7. The Balaban J connectivity index is 1.95. The molecule has 0 bridgehead atoms. The number of amides is 1. The summed E-state index contributed by atoms with van der Waals surface area (Å²) in [5.74, 6) is -1.41. The van der Waals surface area contributed by atoms with Gasteiger partial charge in [-0.15, -0.1) is 0 Å². The largest absolute Gasteiger partial charge is 0.324 e. The highest BCUT2D eigenvalue weighted by atomic mass is 35.5. The van der Waals surface area contributed by atoms with Crippen LogP contribution in [0.25, 0.3) is 0 Å². The third kappa shape index (κ3) is 5.92. The summed E-state index contributed by atoms with van der Waals surface area (Å²) >= 11 is 23.9. The van der Waals surface area contributed by atoms with E-state index in [2.05, 4.69) is 5.32 Å². The molecule has 3 aromatic rings. The molecule has 0 aromatic heterocycles. The van der Waals surface area contributed by atoms with Crippen molar-refractivity contribution < 1.29 is 17.6 Å². The second-order valence-electron chi connectivity index (χ2n) is 6.60. The van der Waals surface area contributed by atoms with E-state index >= 15 is 0 Å². The van der Waals surface area contributed by atoms with E-state index in [0.717, 1.165) is 10.4 Å². The van der Waals surface area contributed by atoms with Gasteiger partial charge in [0.1, 0.15) is 5.82 Å². The van der Waals surface area contributed by atoms with Gasteiger partial charge in [0.15, 0.2) is 0 Å². The summed E-state index contributed by atoms with van der Waals surface area (Å²) in [7, 11) is -4.23. The lowest BCUT2D eigenvalue weighted by molar-refractivity contribution is -0.116. The molecule has 0 atom stereocenters. The summed E-state index contributed by atoms with van der Waals surface area (Å²) in [6.45, 7) is -1.12. The second-order valence-corrected chi connectivity index (χ2v) is 10.2. The van der Waals surface area contributed by atoms with Crippen LogP contribution >= 0.6 is 46.4 Å². The van der Waals surface area contributed by atoms with Crippen LogP contribution in [-0.4, -0.2) is 25.2 Å². The van der Waals surface area contributed by atoms with Gasteiger partial charge in [-0.05, 0) is 54.6 Å². The monoisotopic (exact) mass is 534 g/mol. The summed E-state index contributed by atoms with van der Waals surface area (Å²) in [6, 6.07) is 13.8. The molecular formula is C21H15Cl4FN2O3S. The minimum Gasteiger partial charge on any atom is -0.324 e. The predicted octanol–water partition coefficient (Wildman–Crippen LogP) is 6.27. The zero-order valence-electron chi connectivity index (χ0n) is 16.2. The summed E-state index contributed by atoms with van der Waals surface area (Å²) in [4.78, 5) is 12.6. The minimum absolute atomic E-state index is 0.0274. The van der Waals surface area contributed by atoms with Crippen molar-refractivity contribution in [2.45, 2.75) is 11.4 Å². The maximum atomic E-state index is 14.4. The Kier molecular flexibility index (Phi) is 8.03. The van der Waals surface area contributed by atoms with Crippen LogP contribution in [0, 0.1) is 5.82 Å². The molecule has 32 heavy (non-hydrogen) atoms. The Bertz CT molecular complexity index is 1230. The first-order valence-corrected chi connectivity index (χ1v) is 12.0. The van der Waals surface area contributed by atoms with Crippen molar-refractivity contribution in [3.8, 4) is 0 Å². The molecule has 0 fully saturated rings. The summed E-state index contributed by atoms with van der Waals surface area (Å²) in [5, 5.41) is 3.42. The minimum atomic E-state index is -4.23. The van der Waals surface area contributed by atoms with Crippen molar-refractivity contribution in [1.29, 1.82) is 0 Å². The fraction of sp³-hybridized carbons (Fsp3) is 0.0952. The quantitative estimate of drug-likeness (QED) is 0.387. The van der Waals surface area contributed by atoms with Gasteiger partial charge in [0.05, 0.1) is 22.2 Å². The number of hydrogen-bond acceptors (Lipinski definition) is 3. The highest BCUT2D eigenvalue weighted by Gasteiger charge is 2.29. The third-order valence-electron chi connectivity index (χ3n) is 4.37. The van der Waals surface area contributed by atoms with Gasteiger partial charge in [-0.25, -0.2) is 12.8 Å². The van der Waals surface area contributed by atoms with Crippen LogP contribution in [0.4, 0.5) is 10.1 Å². The molecule has 3 aromatic carbocycles. The molecule has 5 nitrogen and oxygen atoms in total.